The highest BCUT2D eigenvalue weighted by Crippen LogP contribution is 2.41. The van der Waals surface area contributed by atoms with Crippen molar-refractivity contribution >= 4 is 40.9 Å². The third-order valence-electron chi connectivity index (χ3n) is 5.93. The van der Waals surface area contributed by atoms with Gasteiger partial charge in [0.05, 0.1) is 17.5 Å². The maximum atomic E-state index is 12.7. The van der Waals surface area contributed by atoms with Gasteiger partial charge >= 0.3 is 5.97 Å². The molecule has 3 aromatic carbocycles. The summed E-state index contributed by atoms with van der Waals surface area (Å²) in [6, 6.07) is 20.7. The molecule has 37 heavy (non-hydrogen) atoms. The van der Waals surface area contributed by atoms with E-state index < -0.39 is 11.9 Å². The number of carboxylic acids is 1. The summed E-state index contributed by atoms with van der Waals surface area (Å²) in [6.07, 6.45) is 2.06. The summed E-state index contributed by atoms with van der Waals surface area (Å²) in [5.41, 5.74) is 2.82. The van der Waals surface area contributed by atoms with Crippen molar-refractivity contribution in [3.05, 3.63) is 100 Å². The van der Waals surface area contributed by atoms with Gasteiger partial charge in [0.1, 0.15) is 23.1 Å². The lowest BCUT2D eigenvalue weighted by Crippen LogP contribution is -2.20. The normalized spacial score (nSPS) is 14.3. The maximum absolute atomic E-state index is 12.7. The second-order valence-electron chi connectivity index (χ2n) is 8.37. The van der Waals surface area contributed by atoms with Crippen LogP contribution in [0.5, 0.6) is 17.2 Å². The Morgan fingerprint density at radius 2 is 1.70 bits per heavy atom. The molecule has 0 aliphatic carbocycles. The van der Waals surface area contributed by atoms with Crippen LogP contribution in [-0.4, -0.2) is 28.6 Å². The van der Waals surface area contributed by atoms with Crippen molar-refractivity contribution < 1.29 is 24.2 Å². The highest BCUT2D eigenvalue weighted by Gasteiger charge is 2.29. The van der Waals surface area contributed by atoms with Crippen LogP contribution in [0.25, 0.3) is 11.1 Å². The Labute approximate surface area is 222 Å². The zero-order valence-electron chi connectivity index (χ0n) is 19.3. The van der Waals surface area contributed by atoms with Crippen molar-refractivity contribution in [1.82, 2.24) is 4.98 Å². The third-order valence-corrected chi connectivity index (χ3v) is 6.48. The van der Waals surface area contributed by atoms with Crippen molar-refractivity contribution in [3.63, 3.8) is 0 Å². The SMILES string of the molecule is O=C(Nc1ccc(-c2ccc(Cl)cc2)cn1)c1ccc(Oc2cc3c(cc2Cl)C(C(=O)O)CCO3)cc1. The molecule has 1 amide bonds. The molecule has 1 unspecified atom stereocenters. The molecular formula is C28H20Cl2N2O5. The lowest BCUT2D eigenvalue weighted by Gasteiger charge is -2.24. The van der Waals surface area contributed by atoms with Crippen LogP contribution in [0.4, 0.5) is 5.82 Å². The molecule has 0 radical (unpaired) electrons. The number of anilines is 1. The number of nitrogens with zero attached hydrogens (tertiary/aromatic N) is 1. The largest absolute Gasteiger partial charge is 0.493 e. The van der Waals surface area contributed by atoms with Gasteiger partial charge in [-0.2, -0.15) is 0 Å². The number of carbonyl (C=O) groups excluding carboxylic acids is 1. The van der Waals surface area contributed by atoms with Gasteiger partial charge in [-0.1, -0.05) is 35.3 Å². The Balaban J connectivity index is 1.25. The minimum absolute atomic E-state index is 0.269. The molecule has 0 saturated heterocycles. The van der Waals surface area contributed by atoms with Crippen molar-refractivity contribution in [1.29, 1.82) is 0 Å². The van der Waals surface area contributed by atoms with Crippen LogP contribution in [-0.2, 0) is 4.79 Å². The summed E-state index contributed by atoms with van der Waals surface area (Å²) >= 11 is 12.3. The quantitative estimate of drug-likeness (QED) is 0.275. The molecule has 9 heteroatoms. The van der Waals surface area contributed by atoms with E-state index in [0.29, 0.717) is 52.2 Å². The van der Waals surface area contributed by atoms with Crippen molar-refractivity contribution in [2.45, 2.75) is 12.3 Å². The molecule has 0 fully saturated rings. The third kappa shape index (κ3) is 5.53. The topological polar surface area (TPSA) is 97.8 Å². The number of amides is 1. The predicted octanol–water partition coefficient (Wildman–Crippen LogP) is 7.05. The number of benzene rings is 3. The summed E-state index contributed by atoms with van der Waals surface area (Å²) in [7, 11) is 0. The Kier molecular flexibility index (Phi) is 6.99. The maximum Gasteiger partial charge on any atom is 0.311 e. The molecule has 2 heterocycles. The van der Waals surface area contributed by atoms with Crippen LogP contribution in [0, 0.1) is 0 Å². The van der Waals surface area contributed by atoms with Gasteiger partial charge in [-0.25, -0.2) is 4.98 Å². The average molecular weight is 535 g/mol. The second kappa shape index (κ2) is 10.5. The lowest BCUT2D eigenvalue weighted by atomic mass is 9.93. The van der Waals surface area contributed by atoms with Gasteiger partial charge < -0.3 is 19.9 Å². The molecule has 1 aliphatic rings. The first kappa shape index (κ1) is 24.6. The highest BCUT2D eigenvalue weighted by molar-refractivity contribution is 6.32. The number of halogens is 2. The van der Waals surface area contributed by atoms with E-state index in [1.54, 1.807) is 48.7 Å². The molecule has 186 valence electrons. The van der Waals surface area contributed by atoms with E-state index in [1.165, 1.54) is 0 Å². The van der Waals surface area contributed by atoms with Crippen LogP contribution < -0.4 is 14.8 Å². The fourth-order valence-electron chi connectivity index (χ4n) is 4.00. The number of aliphatic carboxylic acids is 1. The molecule has 2 N–H and O–H groups in total. The van der Waals surface area contributed by atoms with Gasteiger partial charge in [-0.15, -0.1) is 0 Å². The van der Waals surface area contributed by atoms with Crippen LogP contribution in [0.1, 0.15) is 28.3 Å². The smallest absolute Gasteiger partial charge is 0.311 e. The van der Waals surface area contributed by atoms with Gasteiger partial charge in [0.15, 0.2) is 0 Å². The number of ether oxygens (including phenoxy) is 2. The van der Waals surface area contributed by atoms with Crippen LogP contribution >= 0.6 is 23.2 Å². The number of fused-ring (bicyclic) bond motifs is 1. The van der Waals surface area contributed by atoms with E-state index in [4.69, 9.17) is 32.7 Å². The monoisotopic (exact) mass is 534 g/mol. The van der Waals surface area contributed by atoms with Crippen LogP contribution in [0.3, 0.4) is 0 Å². The summed E-state index contributed by atoms with van der Waals surface area (Å²) < 4.78 is 11.5. The number of pyridine rings is 1. The van der Waals surface area contributed by atoms with Crippen molar-refractivity contribution in [3.8, 4) is 28.4 Å². The fraction of sp³-hybridized carbons (Fsp3) is 0.107. The Hall–Kier alpha value is -4.07. The predicted molar refractivity (Wildman–Crippen MR) is 141 cm³/mol. The summed E-state index contributed by atoms with van der Waals surface area (Å²) in [5.74, 6) is -0.277. The standard InChI is InChI=1S/C28H20Cl2N2O5/c29-19-6-1-16(2-7-19)18-5-10-26(31-15-18)32-27(33)17-3-8-20(9-4-17)37-25-14-24-22(13-23(25)30)21(28(34)35)11-12-36-24/h1-10,13-15,21H,11-12H2,(H,34,35)(H,31,32,33). The highest BCUT2D eigenvalue weighted by atomic mass is 35.5. The number of nitrogens with one attached hydrogen (secondary N) is 1. The van der Waals surface area contributed by atoms with Gasteiger partial charge in [0.2, 0.25) is 0 Å². The summed E-state index contributed by atoms with van der Waals surface area (Å²) in [4.78, 5) is 28.5. The molecule has 5 rings (SSSR count). The van der Waals surface area contributed by atoms with Gasteiger partial charge in [-0.3, -0.25) is 9.59 Å². The van der Waals surface area contributed by atoms with Gasteiger partial charge in [-0.05, 0) is 66.6 Å². The van der Waals surface area contributed by atoms with Gasteiger partial charge in [0.25, 0.3) is 5.91 Å². The minimum Gasteiger partial charge on any atom is -0.493 e. The Morgan fingerprint density at radius 3 is 2.38 bits per heavy atom. The zero-order chi connectivity index (χ0) is 25.9. The van der Waals surface area contributed by atoms with E-state index in [1.807, 2.05) is 30.3 Å². The van der Waals surface area contributed by atoms with Crippen LogP contribution in [0.15, 0.2) is 79.0 Å². The zero-order valence-corrected chi connectivity index (χ0v) is 20.8. The summed E-state index contributed by atoms with van der Waals surface area (Å²) in [6.45, 7) is 0.299. The molecule has 0 spiro atoms. The van der Waals surface area contributed by atoms with E-state index in [0.717, 1.165) is 11.1 Å². The number of rotatable bonds is 6. The number of aromatic nitrogens is 1. The molecule has 1 atom stereocenters. The molecular weight excluding hydrogens is 515 g/mol. The van der Waals surface area contributed by atoms with Crippen LogP contribution in [0.2, 0.25) is 10.0 Å². The first-order chi connectivity index (χ1) is 17.9. The number of carboxylic acid groups (broad SMARTS) is 1. The molecule has 4 aromatic rings. The minimum atomic E-state index is -0.921. The Morgan fingerprint density at radius 1 is 0.973 bits per heavy atom. The van der Waals surface area contributed by atoms with Crippen molar-refractivity contribution in [2.24, 2.45) is 0 Å². The number of carbonyl (C=O) groups is 2. The molecule has 1 aliphatic heterocycles. The first-order valence-electron chi connectivity index (χ1n) is 11.4. The van der Waals surface area contributed by atoms with E-state index in [-0.39, 0.29) is 10.9 Å². The van der Waals surface area contributed by atoms with E-state index in [9.17, 15) is 14.7 Å². The number of hydrogen-bond donors (Lipinski definition) is 2. The average Bonchev–Trinajstić information content (AvgIpc) is 2.90. The molecule has 0 bridgehead atoms. The lowest BCUT2D eigenvalue weighted by molar-refractivity contribution is -0.139. The van der Waals surface area contributed by atoms with E-state index in [2.05, 4.69) is 10.3 Å². The van der Waals surface area contributed by atoms with Crippen molar-refractivity contribution in [2.75, 3.05) is 11.9 Å². The molecule has 0 saturated carbocycles. The first-order valence-corrected chi connectivity index (χ1v) is 12.1. The summed E-state index contributed by atoms with van der Waals surface area (Å²) in [5, 5.41) is 13.1. The fourth-order valence-corrected chi connectivity index (χ4v) is 4.33. The van der Waals surface area contributed by atoms with Gasteiger partial charge in [0, 0.05) is 34.0 Å². The Bertz CT molecular complexity index is 1460. The molecule has 7 nitrogen and oxygen atoms in total. The second-order valence-corrected chi connectivity index (χ2v) is 9.21. The van der Waals surface area contributed by atoms with E-state index >= 15 is 0 Å². The number of hydrogen-bond acceptors (Lipinski definition) is 5. The molecule has 1 aromatic heterocycles.